The summed E-state index contributed by atoms with van der Waals surface area (Å²) >= 11 is 1.89. The van der Waals surface area contributed by atoms with Crippen LogP contribution >= 0.6 is 11.3 Å². The molecule has 230 valence electrons. The second-order valence-electron chi connectivity index (χ2n) is 13.6. The lowest BCUT2D eigenvalue weighted by atomic mass is 9.85. The first-order chi connectivity index (χ1) is 24.8. The van der Waals surface area contributed by atoms with E-state index in [0.717, 1.165) is 0 Å². The van der Waals surface area contributed by atoms with Crippen LogP contribution in [0.1, 0.15) is 0 Å². The third-order valence-corrected chi connectivity index (χ3v) is 12.3. The van der Waals surface area contributed by atoms with Crippen LogP contribution in [0.25, 0.3) is 113 Å². The molecule has 2 heteroatoms. The molecule has 0 bridgehead atoms. The quantitative estimate of drug-likeness (QED) is 0.130. The molecule has 0 fully saturated rings. The van der Waals surface area contributed by atoms with Gasteiger partial charge in [-0.15, -0.1) is 11.3 Å². The second kappa shape index (κ2) is 9.69. The van der Waals surface area contributed by atoms with Crippen molar-refractivity contribution in [3.63, 3.8) is 0 Å². The van der Waals surface area contributed by atoms with Gasteiger partial charge >= 0.3 is 0 Å². The number of thiophene rings is 1. The van der Waals surface area contributed by atoms with Crippen LogP contribution < -0.4 is 0 Å². The van der Waals surface area contributed by atoms with Crippen LogP contribution in [0.4, 0.5) is 0 Å². The van der Waals surface area contributed by atoms with Gasteiger partial charge < -0.3 is 4.57 Å². The maximum absolute atomic E-state index is 2.47. The molecule has 0 amide bonds. The molecule has 12 rings (SSSR count). The van der Waals surface area contributed by atoms with Crippen molar-refractivity contribution in [1.82, 2.24) is 4.57 Å². The van der Waals surface area contributed by atoms with Crippen molar-refractivity contribution in [2.24, 2.45) is 0 Å². The van der Waals surface area contributed by atoms with Gasteiger partial charge in [0.2, 0.25) is 0 Å². The zero-order valence-electron chi connectivity index (χ0n) is 26.9. The molecule has 0 aliphatic heterocycles. The van der Waals surface area contributed by atoms with Gasteiger partial charge in [0.05, 0.1) is 21.4 Å². The molecule has 0 N–H and O–H groups in total. The fraction of sp³-hybridized carbons (Fsp3) is 0. The predicted octanol–water partition coefficient (Wildman–Crippen LogP) is 14.0. The Hall–Kier alpha value is -6.22. The number of fused-ring (bicyclic) bond motifs is 12. The molecule has 0 atom stereocenters. The van der Waals surface area contributed by atoms with Gasteiger partial charge in [0.25, 0.3) is 0 Å². The van der Waals surface area contributed by atoms with Gasteiger partial charge in [-0.2, -0.15) is 0 Å². The molecule has 12 aromatic rings. The Bertz CT molecular complexity index is 3380. The van der Waals surface area contributed by atoms with Gasteiger partial charge in [-0.1, -0.05) is 127 Å². The van der Waals surface area contributed by atoms with Crippen molar-refractivity contribution in [1.29, 1.82) is 0 Å². The first-order valence-corrected chi connectivity index (χ1v) is 18.1. The molecule has 0 aliphatic carbocycles. The fourth-order valence-electron chi connectivity index (χ4n) is 9.00. The molecule has 0 unspecified atom stereocenters. The van der Waals surface area contributed by atoms with Crippen molar-refractivity contribution in [3.05, 3.63) is 164 Å². The van der Waals surface area contributed by atoms with Crippen LogP contribution in [0.15, 0.2) is 164 Å². The van der Waals surface area contributed by atoms with Crippen molar-refractivity contribution in [2.75, 3.05) is 0 Å². The molecule has 0 saturated carbocycles. The third-order valence-electron chi connectivity index (χ3n) is 11.1. The highest BCUT2D eigenvalue weighted by Gasteiger charge is 2.19. The van der Waals surface area contributed by atoms with Gasteiger partial charge in [-0.05, 0) is 101 Å². The van der Waals surface area contributed by atoms with Crippen molar-refractivity contribution in [2.45, 2.75) is 0 Å². The molecule has 0 saturated heterocycles. The maximum Gasteiger partial charge on any atom is 0.0640 e. The lowest BCUT2D eigenvalue weighted by Crippen LogP contribution is -1.93. The summed E-state index contributed by atoms with van der Waals surface area (Å²) in [4.78, 5) is 0. The van der Waals surface area contributed by atoms with Crippen LogP contribution in [-0.4, -0.2) is 4.57 Å². The summed E-state index contributed by atoms with van der Waals surface area (Å²) < 4.78 is 5.13. The number of hydrogen-bond acceptors (Lipinski definition) is 1. The molecular formula is C48H27NS. The highest BCUT2D eigenvalue weighted by atomic mass is 32.1. The molecule has 0 spiro atoms. The smallest absolute Gasteiger partial charge is 0.0640 e. The highest BCUT2D eigenvalue weighted by Crippen LogP contribution is 2.46. The topological polar surface area (TPSA) is 4.93 Å². The largest absolute Gasteiger partial charge is 0.308 e. The van der Waals surface area contributed by atoms with Crippen LogP contribution in [0.2, 0.25) is 0 Å². The molecular weight excluding hydrogens is 623 g/mol. The van der Waals surface area contributed by atoms with E-state index in [9.17, 15) is 0 Å². The van der Waals surface area contributed by atoms with E-state index in [4.69, 9.17) is 0 Å². The Kier molecular flexibility index (Phi) is 5.18. The van der Waals surface area contributed by atoms with E-state index in [0.29, 0.717) is 0 Å². The number of benzene rings is 10. The molecule has 50 heavy (non-hydrogen) atoms. The zero-order valence-corrected chi connectivity index (χ0v) is 27.8. The average molecular weight is 650 g/mol. The minimum absolute atomic E-state index is 1.23. The van der Waals surface area contributed by atoms with E-state index in [2.05, 4.69) is 168 Å². The molecule has 1 nitrogen and oxygen atoms in total. The number of hydrogen-bond donors (Lipinski definition) is 0. The van der Waals surface area contributed by atoms with E-state index >= 15 is 0 Å². The van der Waals surface area contributed by atoms with Gasteiger partial charge in [-0.3, -0.25) is 0 Å². The van der Waals surface area contributed by atoms with Crippen LogP contribution in [0, 0.1) is 0 Å². The Balaban J connectivity index is 1.12. The first kappa shape index (κ1) is 26.7. The Labute approximate surface area is 291 Å². The summed E-state index contributed by atoms with van der Waals surface area (Å²) in [7, 11) is 0. The molecule has 2 heterocycles. The van der Waals surface area contributed by atoms with E-state index in [1.807, 2.05) is 11.3 Å². The fourth-order valence-corrected chi connectivity index (χ4v) is 10.2. The van der Waals surface area contributed by atoms with Gasteiger partial charge in [0, 0.05) is 26.2 Å². The number of rotatable bonds is 2. The van der Waals surface area contributed by atoms with E-state index in [1.165, 1.54) is 113 Å². The second-order valence-corrected chi connectivity index (χ2v) is 14.7. The zero-order chi connectivity index (χ0) is 32.5. The number of aromatic nitrogens is 1. The average Bonchev–Trinajstić information content (AvgIpc) is 3.73. The monoisotopic (exact) mass is 649 g/mol. The van der Waals surface area contributed by atoms with E-state index in [-0.39, 0.29) is 0 Å². The molecule has 10 aromatic carbocycles. The summed E-state index contributed by atoms with van der Waals surface area (Å²) in [6, 6.07) is 61.1. The summed E-state index contributed by atoms with van der Waals surface area (Å²) in [6.45, 7) is 0. The summed E-state index contributed by atoms with van der Waals surface area (Å²) in [5.74, 6) is 0. The molecule has 0 aliphatic rings. The predicted molar refractivity (Wildman–Crippen MR) is 218 cm³/mol. The lowest BCUT2D eigenvalue weighted by Gasteiger charge is -2.18. The molecule has 0 radical (unpaired) electrons. The van der Waals surface area contributed by atoms with Crippen molar-refractivity contribution in [3.8, 4) is 16.8 Å². The first-order valence-electron chi connectivity index (χ1n) is 17.3. The third kappa shape index (κ3) is 3.41. The standard InChI is InChI=1S/C48H27NS/c1-2-11-31-30(10-1)35-14-7-16-37-32-24-22-28(26-40(32)38-17-8-15-36(31)47(38)46(35)37)29-23-25-43-41(27-29)33-12-3-5-19-42(33)49(43)44-20-9-18-39-34-13-4-6-21-45(34)50-48(39)44/h1-27H. The highest BCUT2D eigenvalue weighted by molar-refractivity contribution is 7.26. The summed E-state index contributed by atoms with van der Waals surface area (Å²) in [5, 5.41) is 18.5. The minimum Gasteiger partial charge on any atom is -0.308 e. The SMILES string of the molecule is c1ccc2c(c1)sc1c(-n3c4ccccc4c4cc(-c5ccc6c(c5)c5cccc7c8ccccc8c8cccc6c8c75)ccc43)cccc12. The summed E-state index contributed by atoms with van der Waals surface area (Å²) in [6.07, 6.45) is 0. The van der Waals surface area contributed by atoms with Crippen molar-refractivity contribution < 1.29 is 0 Å². The minimum atomic E-state index is 1.23. The number of nitrogens with zero attached hydrogens (tertiary/aromatic N) is 1. The van der Waals surface area contributed by atoms with Crippen LogP contribution in [-0.2, 0) is 0 Å². The Morgan fingerprint density at radius 1 is 0.320 bits per heavy atom. The molecule has 2 aromatic heterocycles. The summed E-state index contributed by atoms with van der Waals surface area (Å²) in [5.41, 5.74) is 6.18. The van der Waals surface area contributed by atoms with Gasteiger partial charge in [-0.25, -0.2) is 0 Å². The van der Waals surface area contributed by atoms with E-state index < -0.39 is 0 Å². The Morgan fingerprint density at radius 3 is 1.56 bits per heavy atom. The Morgan fingerprint density at radius 2 is 0.820 bits per heavy atom. The van der Waals surface area contributed by atoms with Crippen LogP contribution in [0.3, 0.4) is 0 Å². The van der Waals surface area contributed by atoms with Gasteiger partial charge in [0.15, 0.2) is 0 Å². The van der Waals surface area contributed by atoms with Crippen LogP contribution in [0.5, 0.6) is 0 Å². The lowest BCUT2D eigenvalue weighted by molar-refractivity contribution is 1.20. The van der Waals surface area contributed by atoms with E-state index in [1.54, 1.807) is 0 Å². The normalized spacial score (nSPS) is 12.4. The van der Waals surface area contributed by atoms with Gasteiger partial charge in [0.1, 0.15) is 0 Å². The maximum atomic E-state index is 2.47. The van der Waals surface area contributed by atoms with Crippen molar-refractivity contribution >= 4 is 107 Å². The number of para-hydroxylation sites is 1.